The molecule has 1 atom stereocenters. The summed E-state index contributed by atoms with van der Waals surface area (Å²) in [4.78, 5) is 2.23. The molecular weight excluding hydrogens is 112 g/mol. The standard InChI is InChI=1S/C7H16N2/c1-9(2)7(5-8)6-3-4-6/h6-7H,3-5,8H2,1-2H3/t7-/m0/s1. The third kappa shape index (κ3) is 1.66. The Bertz CT molecular complexity index is 84.9. The van der Waals surface area contributed by atoms with Crippen LogP contribution in [0.25, 0.3) is 0 Å². The molecule has 0 aromatic rings. The second kappa shape index (κ2) is 2.67. The third-order valence-electron chi connectivity index (χ3n) is 2.07. The van der Waals surface area contributed by atoms with Gasteiger partial charge in [0.05, 0.1) is 0 Å². The number of hydrogen-bond donors (Lipinski definition) is 1. The fraction of sp³-hybridized carbons (Fsp3) is 1.00. The summed E-state index contributed by atoms with van der Waals surface area (Å²) < 4.78 is 0. The van der Waals surface area contributed by atoms with Gasteiger partial charge in [-0.2, -0.15) is 0 Å². The predicted molar refractivity (Wildman–Crippen MR) is 39.3 cm³/mol. The van der Waals surface area contributed by atoms with Gasteiger partial charge in [0.25, 0.3) is 0 Å². The minimum atomic E-state index is 0.644. The molecule has 0 radical (unpaired) electrons. The maximum Gasteiger partial charge on any atom is 0.0240 e. The third-order valence-corrected chi connectivity index (χ3v) is 2.07. The Morgan fingerprint density at radius 1 is 1.56 bits per heavy atom. The highest BCUT2D eigenvalue weighted by Gasteiger charge is 2.31. The fourth-order valence-electron chi connectivity index (χ4n) is 1.31. The van der Waals surface area contributed by atoms with Gasteiger partial charge in [0.15, 0.2) is 0 Å². The Morgan fingerprint density at radius 3 is 2.22 bits per heavy atom. The van der Waals surface area contributed by atoms with Crippen LogP contribution in [0.2, 0.25) is 0 Å². The lowest BCUT2D eigenvalue weighted by molar-refractivity contribution is 0.271. The van der Waals surface area contributed by atoms with E-state index in [1.165, 1.54) is 12.8 Å². The van der Waals surface area contributed by atoms with Gasteiger partial charge in [0.1, 0.15) is 0 Å². The first-order valence-corrected chi connectivity index (χ1v) is 3.62. The summed E-state index contributed by atoms with van der Waals surface area (Å²) in [5, 5.41) is 0. The Hall–Kier alpha value is -0.0800. The summed E-state index contributed by atoms with van der Waals surface area (Å²) in [7, 11) is 4.21. The molecule has 1 rings (SSSR count). The number of rotatable bonds is 3. The molecule has 2 heteroatoms. The zero-order valence-electron chi connectivity index (χ0n) is 6.30. The van der Waals surface area contributed by atoms with Crippen LogP contribution >= 0.6 is 0 Å². The van der Waals surface area contributed by atoms with Crippen LogP contribution in [0, 0.1) is 5.92 Å². The molecule has 0 saturated heterocycles. The van der Waals surface area contributed by atoms with Gasteiger partial charge < -0.3 is 10.6 Å². The van der Waals surface area contributed by atoms with Gasteiger partial charge in [0, 0.05) is 12.6 Å². The monoisotopic (exact) mass is 128 g/mol. The lowest BCUT2D eigenvalue weighted by Crippen LogP contribution is -2.36. The van der Waals surface area contributed by atoms with Gasteiger partial charge in [-0.05, 0) is 32.9 Å². The highest BCUT2D eigenvalue weighted by Crippen LogP contribution is 2.33. The summed E-state index contributed by atoms with van der Waals surface area (Å²) in [6.45, 7) is 0.817. The van der Waals surface area contributed by atoms with Crippen LogP contribution in [0.15, 0.2) is 0 Å². The number of nitrogens with two attached hydrogens (primary N) is 1. The Kier molecular flexibility index (Phi) is 2.09. The highest BCUT2D eigenvalue weighted by molar-refractivity contribution is 4.86. The molecule has 0 aromatic heterocycles. The van der Waals surface area contributed by atoms with Crippen molar-refractivity contribution in [1.82, 2.24) is 4.90 Å². The van der Waals surface area contributed by atoms with Gasteiger partial charge in [-0.3, -0.25) is 0 Å². The van der Waals surface area contributed by atoms with Crippen molar-refractivity contribution in [2.45, 2.75) is 18.9 Å². The van der Waals surface area contributed by atoms with E-state index in [0.717, 1.165) is 12.5 Å². The molecule has 0 bridgehead atoms. The molecule has 0 aromatic carbocycles. The van der Waals surface area contributed by atoms with Crippen molar-refractivity contribution in [2.24, 2.45) is 11.7 Å². The van der Waals surface area contributed by atoms with Crippen LogP contribution in [0.3, 0.4) is 0 Å². The van der Waals surface area contributed by atoms with E-state index in [1.807, 2.05) is 0 Å². The molecular formula is C7H16N2. The smallest absolute Gasteiger partial charge is 0.0240 e. The molecule has 1 fully saturated rings. The molecule has 1 aliphatic rings. The minimum Gasteiger partial charge on any atom is -0.329 e. The lowest BCUT2D eigenvalue weighted by atomic mass is 10.2. The normalized spacial score (nSPS) is 22.7. The maximum absolute atomic E-state index is 5.57. The molecule has 0 unspecified atom stereocenters. The van der Waals surface area contributed by atoms with Crippen LogP contribution in [0.5, 0.6) is 0 Å². The average molecular weight is 128 g/mol. The molecule has 1 aliphatic carbocycles. The first kappa shape index (κ1) is 7.03. The molecule has 1 saturated carbocycles. The van der Waals surface area contributed by atoms with Crippen molar-refractivity contribution in [3.8, 4) is 0 Å². The Labute approximate surface area is 57.0 Å². The van der Waals surface area contributed by atoms with E-state index in [1.54, 1.807) is 0 Å². The Morgan fingerprint density at radius 2 is 2.11 bits per heavy atom. The fourth-order valence-corrected chi connectivity index (χ4v) is 1.31. The van der Waals surface area contributed by atoms with Crippen molar-refractivity contribution in [3.63, 3.8) is 0 Å². The van der Waals surface area contributed by atoms with Gasteiger partial charge in [-0.15, -0.1) is 0 Å². The van der Waals surface area contributed by atoms with E-state index >= 15 is 0 Å². The summed E-state index contributed by atoms with van der Waals surface area (Å²) in [6.07, 6.45) is 2.78. The molecule has 9 heavy (non-hydrogen) atoms. The van der Waals surface area contributed by atoms with Crippen molar-refractivity contribution in [2.75, 3.05) is 20.6 Å². The van der Waals surface area contributed by atoms with Gasteiger partial charge in [-0.25, -0.2) is 0 Å². The summed E-state index contributed by atoms with van der Waals surface area (Å²) in [6, 6.07) is 0.644. The van der Waals surface area contributed by atoms with E-state index in [4.69, 9.17) is 5.73 Å². The van der Waals surface area contributed by atoms with E-state index in [-0.39, 0.29) is 0 Å². The molecule has 0 aliphatic heterocycles. The summed E-state index contributed by atoms with van der Waals surface area (Å²) in [5.74, 6) is 0.907. The first-order valence-electron chi connectivity index (χ1n) is 3.62. The molecule has 0 amide bonds. The van der Waals surface area contributed by atoms with E-state index in [2.05, 4.69) is 19.0 Å². The zero-order valence-corrected chi connectivity index (χ0v) is 6.30. The molecule has 2 nitrogen and oxygen atoms in total. The summed E-state index contributed by atoms with van der Waals surface area (Å²) >= 11 is 0. The van der Waals surface area contributed by atoms with Crippen molar-refractivity contribution >= 4 is 0 Å². The quantitative estimate of drug-likeness (QED) is 0.591. The predicted octanol–water partition coefficient (Wildman–Crippen LogP) is 0.285. The SMILES string of the molecule is CN(C)[C@@H](CN)C1CC1. The van der Waals surface area contributed by atoms with Crippen LogP contribution in [-0.2, 0) is 0 Å². The molecule has 0 spiro atoms. The second-order valence-electron chi connectivity index (χ2n) is 3.10. The van der Waals surface area contributed by atoms with E-state index in [0.29, 0.717) is 6.04 Å². The zero-order chi connectivity index (χ0) is 6.85. The lowest BCUT2D eigenvalue weighted by Gasteiger charge is -2.21. The Balaban J connectivity index is 2.28. The van der Waals surface area contributed by atoms with Crippen LogP contribution < -0.4 is 5.73 Å². The molecule has 54 valence electrons. The van der Waals surface area contributed by atoms with Crippen LogP contribution in [0.4, 0.5) is 0 Å². The van der Waals surface area contributed by atoms with Crippen molar-refractivity contribution < 1.29 is 0 Å². The highest BCUT2D eigenvalue weighted by atomic mass is 15.1. The maximum atomic E-state index is 5.57. The minimum absolute atomic E-state index is 0.644. The number of nitrogens with zero attached hydrogens (tertiary/aromatic N) is 1. The molecule has 0 heterocycles. The van der Waals surface area contributed by atoms with Gasteiger partial charge in [0.2, 0.25) is 0 Å². The van der Waals surface area contributed by atoms with E-state index in [9.17, 15) is 0 Å². The number of hydrogen-bond acceptors (Lipinski definition) is 2. The van der Waals surface area contributed by atoms with Gasteiger partial charge in [-0.1, -0.05) is 0 Å². The topological polar surface area (TPSA) is 29.3 Å². The van der Waals surface area contributed by atoms with Crippen molar-refractivity contribution in [3.05, 3.63) is 0 Å². The van der Waals surface area contributed by atoms with Gasteiger partial charge >= 0.3 is 0 Å². The van der Waals surface area contributed by atoms with Crippen LogP contribution in [0.1, 0.15) is 12.8 Å². The second-order valence-corrected chi connectivity index (χ2v) is 3.10. The number of likely N-dealkylation sites (N-methyl/N-ethyl adjacent to an activating group) is 1. The van der Waals surface area contributed by atoms with Crippen molar-refractivity contribution in [1.29, 1.82) is 0 Å². The van der Waals surface area contributed by atoms with Crippen LogP contribution in [-0.4, -0.2) is 31.6 Å². The first-order chi connectivity index (χ1) is 4.25. The largest absolute Gasteiger partial charge is 0.329 e. The van der Waals surface area contributed by atoms with E-state index < -0.39 is 0 Å². The average Bonchev–Trinajstić information content (AvgIpc) is 2.50. The molecule has 2 N–H and O–H groups in total. The summed E-state index contributed by atoms with van der Waals surface area (Å²) in [5.41, 5.74) is 5.57.